The second kappa shape index (κ2) is 39.5. The fourth-order valence-corrected chi connectivity index (χ4v) is 7.62. The second-order valence-electron chi connectivity index (χ2n) is 17.5. The molecule has 0 spiro atoms. The number of likely N-dealkylation sites (N-methyl/N-ethyl adjacent to an activating group) is 1. The molecule has 0 aliphatic carbocycles. The number of ether oxygens (including phenoxy) is 2. The summed E-state index contributed by atoms with van der Waals surface area (Å²) >= 11 is 0. The molecule has 2 atom stereocenters. The lowest BCUT2D eigenvalue weighted by Crippen LogP contribution is -2.37. The molecule has 0 N–H and O–H groups in total. The molecule has 0 rings (SSSR count). The Labute approximate surface area is 346 Å². The van der Waals surface area contributed by atoms with E-state index in [2.05, 4.69) is 13.8 Å². The predicted octanol–water partition coefficient (Wildman–Crippen LogP) is 13.0. The predicted molar refractivity (Wildman–Crippen MR) is 232 cm³/mol. The van der Waals surface area contributed by atoms with E-state index in [0.717, 1.165) is 32.1 Å². The summed E-state index contributed by atoms with van der Waals surface area (Å²) < 4.78 is 33.9. The molecule has 0 bridgehead atoms. The Balaban J connectivity index is 4.22. The maximum atomic E-state index is 12.7. The van der Waals surface area contributed by atoms with E-state index in [1.807, 2.05) is 21.1 Å². The van der Waals surface area contributed by atoms with Crippen molar-refractivity contribution in [3.05, 3.63) is 0 Å². The number of carbonyl (C=O) groups excluding carboxylic acids is 2. The standard InChI is InChI=1S/C46H92NO8P/c1-6-8-10-12-14-16-18-20-21-22-23-24-25-26-27-29-31-33-35-37-39-46(49)55-44(43-54-56(50,51)53-41-40-47(3,4)5)42-52-45(48)38-36-34-32-30-28-19-17-15-13-11-9-7-2/h44H,6-43H2,1-5H3. The van der Waals surface area contributed by atoms with Crippen LogP contribution in [0.5, 0.6) is 0 Å². The first-order valence-corrected chi connectivity index (χ1v) is 25.2. The van der Waals surface area contributed by atoms with Crippen molar-refractivity contribution in [2.75, 3.05) is 47.5 Å². The van der Waals surface area contributed by atoms with E-state index in [9.17, 15) is 19.0 Å². The van der Waals surface area contributed by atoms with Crippen LogP contribution in [0.3, 0.4) is 0 Å². The van der Waals surface area contributed by atoms with Gasteiger partial charge in [0.2, 0.25) is 0 Å². The molecule has 0 saturated carbocycles. The number of phosphoric acid groups is 1. The summed E-state index contributed by atoms with van der Waals surface area (Å²) in [5, 5.41) is 0. The lowest BCUT2D eigenvalue weighted by Gasteiger charge is -2.28. The summed E-state index contributed by atoms with van der Waals surface area (Å²) in [4.78, 5) is 37.5. The molecule has 0 saturated heterocycles. The van der Waals surface area contributed by atoms with Crippen molar-refractivity contribution >= 4 is 19.8 Å². The Bertz CT molecular complexity index is 927. The lowest BCUT2D eigenvalue weighted by molar-refractivity contribution is -0.870. The van der Waals surface area contributed by atoms with Gasteiger partial charge in [-0.1, -0.05) is 206 Å². The zero-order valence-corrected chi connectivity index (χ0v) is 38.5. The number of phosphoric ester groups is 1. The van der Waals surface area contributed by atoms with Gasteiger partial charge in [-0.2, -0.15) is 0 Å². The normalized spacial score (nSPS) is 13.5. The van der Waals surface area contributed by atoms with E-state index in [1.54, 1.807) is 0 Å². The molecular weight excluding hydrogens is 725 g/mol. The Hall–Kier alpha value is -0.990. The smallest absolute Gasteiger partial charge is 0.306 e. The first kappa shape index (κ1) is 55.0. The highest BCUT2D eigenvalue weighted by molar-refractivity contribution is 7.45. The minimum absolute atomic E-state index is 0.0256. The van der Waals surface area contributed by atoms with E-state index < -0.39 is 26.5 Å². The number of nitrogens with zero attached hydrogens (tertiary/aromatic N) is 1. The van der Waals surface area contributed by atoms with E-state index in [-0.39, 0.29) is 32.0 Å². The van der Waals surface area contributed by atoms with Gasteiger partial charge < -0.3 is 27.9 Å². The summed E-state index contributed by atoms with van der Waals surface area (Å²) in [7, 11) is 1.18. The number of hydrogen-bond acceptors (Lipinski definition) is 8. The zero-order chi connectivity index (χ0) is 41.4. The molecule has 2 unspecified atom stereocenters. The van der Waals surface area contributed by atoms with E-state index >= 15 is 0 Å². The average molecular weight is 818 g/mol. The summed E-state index contributed by atoms with van der Waals surface area (Å²) in [6.07, 6.45) is 39.8. The van der Waals surface area contributed by atoms with Gasteiger partial charge in [0.1, 0.15) is 19.8 Å². The van der Waals surface area contributed by atoms with Gasteiger partial charge >= 0.3 is 11.9 Å². The number of rotatable bonds is 44. The molecule has 0 aromatic rings. The van der Waals surface area contributed by atoms with Crippen molar-refractivity contribution in [1.29, 1.82) is 0 Å². The number of carbonyl (C=O) groups is 2. The molecule has 0 aliphatic rings. The summed E-state index contributed by atoms with van der Waals surface area (Å²) in [6, 6.07) is 0. The SMILES string of the molecule is CCCCCCCCCCCCCCCCCCCCCCC(=O)OC(COC(=O)CCCCCCCCCCCCCC)COP(=O)([O-])OCC[N+](C)(C)C. The van der Waals surface area contributed by atoms with Crippen LogP contribution in [0.1, 0.15) is 232 Å². The number of quaternary nitrogens is 1. The maximum Gasteiger partial charge on any atom is 0.306 e. The maximum absolute atomic E-state index is 12.7. The average Bonchev–Trinajstić information content (AvgIpc) is 3.15. The van der Waals surface area contributed by atoms with Gasteiger partial charge in [0, 0.05) is 12.8 Å². The monoisotopic (exact) mass is 818 g/mol. The third-order valence-corrected chi connectivity index (χ3v) is 11.6. The molecule has 0 aromatic heterocycles. The van der Waals surface area contributed by atoms with Gasteiger partial charge in [0.25, 0.3) is 7.82 Å². The van der Waals surface area contributed by atoms with Crippen molar-refractivity contribution in [3.8, 4) is 0 Å². The van der Waals surface area contributed by atoms with Crippen LogP contribution in [0.15, 0.2) is 0 Å². The number of hydrogen-bond donors (Lipinski definition) is 0. The van der Waals surface area contributed by atoms with Crippen molar-refractivity contribution < 1.29 is 42.1 Å². The molecule has 334 valence electrons. The summed E-state index contributed by atoms with van der Waals surface area (Å²) in [5.41, 5.74) is 0. The van der Waals surface area contributed by atoms with Crippen LogP contribution in [-0.4, -0.2) is 70.0 Å². The number of esters is 2. The minimum Gasteiger partial charge on any atom is -0.756 e. The van der Waals surface area contributed by atoms with Crippen molar-refractivity contribution in [1.82, 2.24) is 0 Å². The van der Waals surface area contributed by atoms with Crippen molar-refractivity contribution in [2.24, 2.45) is 0 Å². The highest BCUT2D eigenvalue weighted by Gasteiger charge is 2.21. The van der Waals surface area contributed by atoms with Gasteiger partial charge in [-0.15, -0.1) is 0 Å². The van der Waals surface area contributed by atoms with Gasteiger partial charge in [-0.3, -0.25) is 14.2 Å². The van der Waals surface area contributed by atoms with Crippen molar-refractivity contribution in [3.63, 3.8) is 0 Å². The fraction of sp³-hybridized carbons (Fsp3) is 0.957. The molecule has 9 nitrogen and oxygen atoms in total. The quantitative estimate of drug-likeness (QED) is 0.0259. The minimum atomic E-state index is -4.62. The van der Waals surface area contributed by atoms with Crippen LogP contribution in [0.4, 0.5) is 0 Å². The third-order valence-electron chi connectivity index (χ3n) is 10.6. The van der Waals surface area contributed by atoms with Gasteiger partial charge in [0.15, 0.2) is 6.10 Å². The lowest BCUT2D eigenvalue weighted by atomic mass is 10.0. The van der Waals surface area contributed by atoms with Gasteiger partial charge in [-0.25, -0.2) is 0 Å². The van der Waals surface area contributed by atoms with Crippen LogP contribution in [0, 0.1) is 0 Å². The molecule has 0 amide bonds. The van der Waals surface area contributed by atoms with Crippen molar-refractivity contribution in [2.45, 2.75) is 238 Å². The molecule has 0 radical (unpaired) electrons. The van der Waals surface area contributed by atoms with E-state index in [4.69, 9.17) is 18.5 Å². The van der Waals surface area contributed by atoms with Gasteiger partial charge in [-0.05, 0) is 12.8 Å². The van der Waals surface area contributed by atoms with Gasteiger partial charge in [0.05, 0.1) is 27.7 Å². The number of unbranched alkanes of at least 4 members (excludes halogenated alkanes) is 30. The summed E-state index contributed by atoms with van der Waals surface area (Å²) in [5.74, 6) is -0.818. The Morgan fingerprint density at radius 3 is 1.14 bits per heavy atom. The Morgan fingerprint density at radius 1 is 0.482 bits per heavy atom. The first-order chi connectivity index (χ1) is 27.0. The van der Waals surface area contributed by atoms with E-state index in [0.29, 0.717) is 17.4 Å². The van der Waals surface area contributed by atoms with E-state index in [1.165, 1.54) is 167 Å². The highest BCUT2D eigenvalue weighted by atomic mass is 31.2. The molecule has 0 aromatic carbocycles. The molecular formula is C46H92NO8P. The first-order valence-electron chi connectivity index (χ1n) is 23.7. The van der Waals surface area contributed by atoms with Crippen LogP contribution >= 0.6 is 7.82 Å². The van der Waals surface area contributed by atoms with Crippen LogP contribution in [0.25, 0.3) is 0 Å². The molecule has 56 heavy (non-hydrogen) atoms. The Kier molecular flexibility index (Phi) is 38.8. The second-order valence-corrected chi connectivity index (χ2v) is 18.9. The van der Waals surface area contributed by atoms with Crippen LogP contribution in [0.2, 0.25) is 0 Å². The summed E-state index contributed by atoms with van der Waals surface area (Å²) in [6.45, 7) is 4.27. The van der Waals surface area contributed by atoms with Crippen LogP contribution in [-0.2, 0) is 32.7 Å². The largest absolute Gasteiger partial charge is 0.756 e. The molecule has 0 heterocycles. The third kappa shape index (κ3) is 42.6. The molecule has 0 aliphatic heterocycles. The molecule has 0 fully saturated rings. The zero-order valence-electron chi connectivity index (χ0n) is 37.6. The highest BCUT2D eigenvalue weighted by Crippen LogP contribution is 2.38. The Morgan fingerprint density at radius 2 is 0.804 bits per heavy atom. The fourth-order valence-electron chi connectivity index (χ4n) is 6.89. The van der Waals surface area contributed by atoms with Crippen LogP contribution < -0.4 is 4.89 Å². The topological polar surface area (TPSA) is 111 Å². The molecule has 10 heteroatoms.